The number of ketones is 1. The Morgan fingerprint density at radius 3 is 2.08 bits per heavy atom. The quantitative estimate of drug-likeness (QED) is 0.137. The van der Waals surface area contributed by atoms with Crippen molar-refractivity contribution < 1.29 is 30.0 Å². The predicted octanol–water partition coefficient (Wildman–Crippen LogP) is 9.39. The molecule has 1 radical (unpaired) electrons. The molecular formula is C34H47IrN2O2-. The van der Waals surface area contributed by atoms with Gasteiger partial charge in [-0.15, -0.1) is 29.1 Å². The molecule has 0 spiro atoms. The second-order valence-corrected chi connectivity index (χ2v) is 11.4. The van der Waals surface area contributed by atoms with Crippen LogP contribution < -0.4 is 0 Å². The van der Waals surface area contributed by atoms with E-state index in [1.807, 2.05) is 27.7 Å². The Balaban J connectivity index is 0.000000418. The molecule has 3 rings (SSSR count). The standard InChI is InChI=1S/C21H23N2.C13H24O2.Ir/c1-14(2)19-12-20(23-13-22-19)16-10-15-8-6-7-9-17(15)18(11-16)21(3,4)5;1-5-10(6-2)12(14)9-13(15)11(7-3)8-4;/h6-9,11-14H,1-5H3;9-11,14H,5-8H2,1-4H3;/q-1;;/b;12-9-;. The van der Waals surface area contributed by atoms with Gasteiger partial charge in [-0.2, -0.15) is 0 Å². The average Bonchev–Trinajstić information content (AvgIpc) is 2.89. The van der Waals surface area contributed by atoms with Crippen LogP contribution in [0, 0.1) is 17.9 Å². The van der Waals surface area contributed by atoms with Crippen molar-refractivity contribution in [3.8, 4) is 11.3 Å². The van der Waals surface area contributed by atoms with Crippen LogP contribution in [0.2, 0.25) is 0 Å². The summed E-state index contributed by atoms with van der Waals surface area (Å²) in [6.07, 6.45) is 6.56. The zero-order valence-corrected chi connectivity index (χ0v) is 27.7. The summed E-state index contributed by atoms with van der Waals surface area (Å²) in [5.41, 5.74) is 4.44. The van der Waals surface area contributed by atoms with Crippen molar-refractivity contribution in [2.45, 2.75) is 99.3 Å². The summed E-state index contributed by atoms with van der Waals surface area (Å²) >= 11 is 0. The first-order valence-corrected chi connectivity index (χ1v) is 14.2. The SMILES string of the molecule is CC(C)c1cc(-c2[c-]c3ccccc3c(C(C)(C)C)c2)ncn1.CCC(CC)C(=O)/C=C(\O)C(CC)CC.[Ir]. The van der Waals surface area contributed by atoms with Gasteiger partial charge in [-0.1, -0.05) is 91.5 Å². The van der Waals surface area contributed by atoms with Gasteiger partial charge in [0.1, 0.15) is 6.33 Å². The maximum Gasteiger partial charge on any atom is 0.162 e. The minimum absolute atomic E-state index is 0. The van der Waals surface area contributed by atoms with Gasteiger partial charge in [0, 0.05) is 49.4 Å². The van der Waals surface area contributed by atoms with Gasteiger partial charge in [-0.05, 0) is 43.1 Å². The number of rotatable bonds is 9. The van der Waals surface area contributed by atoms with E-state index in [0.717, 1.165) is 48.0 Å². The molecule has 39 heavy (non-hydrogen) atoms. The largest absolute Gasteiger partial charge is 0.512 e. The number of nitrogens with zero attached hydrogens (tertiary/aromatic N) is 2. The second kappa shape index (κ2) is 16.0. The molecule has 0 unspecified atom stereocenters. The van der Waals surface area contributed by atoms with Gasteiger partial charge >= 0.3 is 0 Å². The van der Waals surface area contributed by atoms with Crippen LogP contribution in [0.25, 0.3) is 22.0 Å². The molecule has 1 heterocycles. The van der Waals surface area contributed by atoms with E-state index in [2.05, 4.69) is 87.1 Å². The number of benzene rings is 2. The van der Waals surface area contributed by atoms with Gasteiger partial charge < -0.3 is 5.11 Å². The molecule has 0 aliphatic rings. The molecule has 0 aliphatic carbocycles. The zero-order chi connectivity index (χ0) is 28.5. The summed E-state index contributed by atoms with van der Waals surface area (Å²) in [6.45, 7) is 19.1. The van der Waals surface area contributed by atoms with Crippen molar-refractivity contribution in [3.05, 3.63) is 71.9 Å². The number of hydrogen-bond donors (Lipinski definition) is 1. The molecule has 1 N–H and O–H groups in total. The maximum absolute atomic E-state index is 11.7. The van der Waals surface area contributed by atoms with E-state index in [9.17, 15) is 9.90 Å². The van der Waals surface area contributed by atoms with Crippen LogP contribution in [-0.4, -0.2) is 20.9 Å². The third-order valence-electron chi connectivity index (χ3n) is 7.22. The third-order valence-corrected chi connectivity index (χ3v) is 7.22. The van der Waals surface area contributed by atoms with Gasteiger partial charge in [-0.3, -0.25) is 9.78 Å². The summed E-state index contributed by atoms with van der Waals surface area (Å²) in [5.74, 6) is 0.936. The van der Waals surface area contributed by atoms with E-state index in [1.165, 1.54) is 17.0 Å². The number of carbonyl (C=O) groups is 1. The first-order valence-electron chi connectivity index (χ1n) is 14.2. The van der Waals surface area contributed by atoms with Crippen LogP contribution >= 0.6 is 0 Å². The van der Waals surface area contributed by atoms with Crippen molar-refractivity contribution in [2.75, 3.05) is 0 Å². The molecule has 0 atom stereocenters. The Hall–Kier alpha value is -2.36. The van der Waals surface area contributed by atoms with Gasteiger partial charge in [-0.25, -0.2) is 4.98 Å². The van der Waals surface area contributed by atoms with E-state index in [4.69, 9.17) is 0 Å². The van der Waals surface area contributed by atoms with Crippen LogP contribution in [-0.2, 0) is 30.3 Å². The molecule has 0 saturated carbocycles. The summed E-state index contributed by atoms with van der Waals surface area (Å²) in [7, 11) is 0. The van der Waals surface area contributed by atoms with Crippen molar-refractivity contribution in [1.82, 2.24) is 9.97 Å². The number of allylic oxidation sites excluding steroid dienone is 2. The molecule has 0 aliphatic heterocycles. The molecule has 0 saturated heterocycles. The van der Waals surface area contributed by atoms with Crippen molar-refractivity contribution in [2.24, 2.45) is 11.8 Å². The number of aromatic nitrogens is 2. The van der Waals surface area contributed by atoms with E-state index >= 15 is 0 Å². The number of fused-ring (bicyclic) bond motifs is 1. The van der Waals surface area contributed by atoms with Crippen molar-refractivity contribution in [1.29, 1.82) is 0 Å². The molecule has 2 aromatic carbocycles. The molecule has 0 fully saturated rings. The summed E-state index contributed by atoms with van der Waals surface area (Å²) < 4.78 is 0. The number of hydrogen-bond acceptors (Lipinski definition) is 4. The van der Waals surface area contributed by atoms with Crippen LogP contribution in [0.15, 0.2) is 54.6 Å². The average molecular weight is 708 g/mol. The van der Waals surface area contributed by atoms with Crippen LogP contribution in [0.5, 0.6) is 0 Å². The number of carbonyl (C=O) groups excluding carboxylic acids is 1. The molecule has 215 valence electrons. The minimum Gasteiger partial charge on any atom is -0.512 e. The Morgan fingerprint density at radius 1 is 0.949 bits per heavy atom. The van der Waals surface area contributed by atoms with E-state index < -0.39 is 0 Å². The smallest absolute Gasteiger partial charge is 0.162 e. The summed E-state index contributed by atoms with van der Waals surface area (Å²) in [4.78, 5) is 20.6. The topological polar surface area (TPSA) is 63.1 Å². The third kappa shape index (κ3) is 9.65. The molecular weight excluding hydrogens is 661 g/mol. The molecule has 1 aromatic heterocycles. The Labute approximate surface area is 250 Å². The van der Waals surface area contributed by atoms with E-state index in [-0.39, 0.29) is 48.9 Å². The van der Waals surface area contributed by atoms with Gasteiger partial charge in [0.05, 0.1) is 5.76 Å². The minimum atomic E-state index is 0. The van der Waals surface area contributed by atoms with Crippen molar-refractivity contribution in [3.63, 3.8) is 0 Å². The fourth-order valence-corrected chi connectivity index (χ4v) is 4.60. The molecule has 0 amide bonds. The van der Waals surface area contributed by atoms with Gasteiger partial charge in [0.15, 0.2) is 5.78 Å². The van der Waals surface area contributed by atoms with Crippen LogP contribution in [0.4, 0.5) is 0 Å². The number of aliphatic hydroxyl groups excluding tert-OH is 1. The van der Waals surface area contributed by atoms with Crippen LogP contribution in [0.1, 0.15) is 105 Å². The normalized spacial score (nSPS) is 11.9. The van der Waals surface area contributed by atoms with Crippen molar-refractivity contribution >= 4 is 16.6 Å². The predicted molar refractivity (Wildman–Crippen MR) is 160 cm³/mol. The summed E-state index contributed by atoms with van der Waals surface area (Å²) in [5, 5.41) is 12.2. The van der Waals surface area contributed by atoms with E-state index in [0.29, 0.717) is 5.92 Å². The Morgan fingerprint density at radius 2 is 1.54 bits per heavy atom. The molecule has 4 nitrogen and oxygen atoms in total. The fourth-order valence-electron chi connectivity index (χ4n) is 4.60. The van der Waals surface area contributed by atoms with Crippen LogP contribution in [0.3, 0.4) is 0 Å². The Kier molecular flexibility index (Phi) is 14.3. The maximum atomic E-state index is 11.7. The molecule has 3 aromatic rings. The molecule has 5 heteroatoms. The Bertz CT molecular complexity index is 1220. The van der Waals surface area contributed by atoms with Gasteiger partial charge in [0.2, 0.25) is 0 Å². The first-order chi connectivity index (χ1) is 18.0. The van der Waals surface area contributed by atoms with Gasteiger partial charge in [0.25, 0.3) is 0 Å². The zero-order valence-electron chi connectivity index (χ0n) is 25.3. The first kappa shape index (κ1) is 34.7. The number of aliphatic hydroxyl groups is 1. The summed E-state index contributed by atoms with van der Waals surface area (Å²) in [6, 6.07) is 16.3. The van der Waals surface area contributed by atoms with E-state index in [1.54, 1.807) is 6.33 Å². The molecule has 0 bridgehead atoms. The second-order valence-electron chi connectivity index (χ2n) is 11.4. The monoisotopic (exact) mass is 708 g/mol. The fraction of sp³-hybridized carbons (Fsp3) is 0.500.